The van der Waals surface area contributed by atoms with Crippen molar-refractivity contribution in [2.24, 2.45) is 23.0 Å². The maximum atomic E-state index is 11.2. The fourth-order valence-electron chi connectivity index (χ4n) is 2.98. The van der Waals surface area contributed by atoms with Gasteiger partial charge in [-0.1, -0.05) is 12.2 Å². The fourth-order valence-corrected chi connectivity index (χ4v) is 2.98. The highest BCUT2D eigenvalue weighted by Gasteiger charge is 2.57. The van der Waals surface area contributed by atoms with E-state index in [0.29, 0.717) is 25.6 Å². The topological polar surface area (TPSA) is 140 Å². The third kappa shape index (κ3) is 12.3. The van der Waals surface area contributed by atoms with Crippen molar-refractivity contribution in [2.45, 2.75) is 91.9 Å². The zero-order valence-electron chi connectivity index (χ0n) is 23.8. The van der Waals surface area contributed by atoms with Gasteiger partial charge in [-0.25, -0.2) is 9.59 Å². The molecule has 2 aliphatic rings. The molecule has 0 radical (unpaired) electrons. The minimum absolute atomic E-state index is 0.0788. The van der Waals surface area contributed by atoms with Gasteiger partial charge in [0.1, 0.15) is 16.7 Å². The normalized spacial score (nSPS) is 25.4. The van der Waals surface area contributed by atoms with E-state index >= 15 is 0 Å². The Hall–Kier alpha value is -2.88. The first-order valence-electron chi connectivity index (χ1n) is 12.3. The molecule has 0 bridgehead atoms. The summed E-state index contributed by atoms with van der Waals surface area (Å²) in [5, 5.41) is 0. The molecule has 2 aliphatic carbocycles. The standard InChI is InChI=1S/C10H18O5.C9H14O2.C8H13NO2/c1-9(2,3)14-7(11)13-8(12)15-10(4,5)6;1-4-7-6-9(7,3)8(10)11-5-2;1-3-6-5-8(6,9)7(10)11-4-2/h1-6H3;4,7H,1,5-6H2,2-3H3;3,6H,1,4-5,9H2,2H3. The van der Waals surface area contributed by atoms with Crippen LogP contribution in [0.15, 0.2) is 25.3 Å². The Kier molecular flexibility index (Phi) is 12.5. The smallest absolute Gasteiger partial charge is 0.466 e. The quantitative estimate of drug-likeness (QED) is 0.215. The number of ether oxygens (including phenoxy) is 5. The fraction of sp³-hybridized carbons (Fsp3) is 0.704. The first-order chi connectivity index (χ1) is 16.8. The Labute approximate surface area is 220 Å². The van der Waals surface area contributed by atoms with Gasteiger partial charge < -0.3 is 29.4 Å². The molecule has 4 atom stereocenters. The summed E-state index contributed by atoms with van der Waals surface area (Å²) in [4.78, 5) is 44.3. The van der Waals surface area contributed by atoms with Crippen LogP contribution in [0, 0.1) is 17.3 Å². The number of hydrogen-bond donors (Lipinski definition) is 1. The SMILES string of the molecule is C=CC1CC1(C)C(=O)OCC.C=CC1CC1(N)C(=O)OCC.CC(C)(C)OC(=O)OC(=O)OC(C)(C)C. The molecular weight excluding hydrogens is 482 g/mol. The maximum absolute atomic E-state index is 11.2. The van der Waals surface area contributed by atoms with Crippen LogP contribution in [0.5, 0.6) is 0 Å². The molecule has 0 aromatic carbocycles. The van der Waals surface area contributed by atoms with E-state index in [1.54, 1.807) is 54.5 Å². The van der Waals surface area contributed by atoms with Gasteiger partial charge in [0.05, 0.1) is 18.6 Å². The van der Waals surface area contributed by atoms with Crippen molar-refractivity contribution >= 4 is 24.2 Å². The van der Waals surface area contributed by atoms with Gasteiger partial charge in [-0.05, 0) is 81.1 Å². The Balaban J connectivity index is 0.000000534. The van der Waals surface area contributed by atoms with Gasteiger partial charge in [-0.2, -0.15) is 0 Å². The van der Waals surface area contributed by atoms with E-state index in [2.05, 4.69) is 17.9 Å². The van der Waals surface area contributed by atoms with Crippen molar-refractivity contribution in [3.05, 3.63) is 25.3 Å². The lowest BCUT2D eigenvalue weighted by atomic mass is 10.1. The van der Waals surface area contributed by atoms with Crippen molar-refractivity contribution in [3.8, 4) is 0 Å². The number of allylic oxidation sites excluding steroid dienone is 1. The molecule has 212 valence electrons. The Morgan fingerprint density at radius 2 is 1.22 bits per heavy atom. The van der Waals surface area contributed by atoms with Gasteiger partial charge in [0.15, 0.2) is 0 Å². The van der Waals surface area contributed by atoms with Crippen molar-refractivity contribution in [1.29, 1.82) is 0 Å². The lowest BCUT2D eigenvalue weighted by Crippen LogP contribution is -2.36. The molecule has 37 heavy (non-hydrogen) atoms. The molecule has 0 aromatic rings. The first-order valence-corrected chi connectivity index (χ1v) is 12.3. The first kappa shape index (κ1) is 34.1. The second kappa shape index (κ2) is 13.6. The van der Waals surface area contributed by atoms with E-state index in [1.807, 2.05) is 19.9 Å². The predicted octanol–water partition coefficient (Wildman–Crippen LogP) is 5.09. The van der Waals surface area contributed by atoms with Crippen LogP contribution in [-0.4, -0.2) is 54.2 Å². The third-order valence-electron chi connectivity index (χ3n) is 5.27. The van der Waals surface area contributed by atoms with Gasteiger partial charge in [0, 0.05) is 5.92 Å². The van der Waals surface area contributed by atoms with Crippen LogP contribution in [0.2, 0.25) is 0 Å². The van der Waals surface area contributed by atoms with E-state index in [-0.39, 0.29) is 23.3 Å². The number of nitrogens with two attached hydrogens (primary N) is 1. The van der Waals surface area contributed by atoms with Crippen LogP contribution in [-0.2, 0) is 33.3 Å². The minimum Gasteiger partial charge on any atom is -0.466 e. The maximum Gasteiger partial charge on any atom is 0.519 e. The Bertz CT molecular complexity index is 772. The van der Waals surface area contributed by atoms with Crippen LogP contribution in [0.1, 0.15) is 75.2 Å². The van der Waals surface area contributed by atoms with Crippen molar-refractivity contribution in [3.63, 3.8) is 0 Å². The Morgan fingerprint density at radius 3 is 1.51 bits per heavy atom. The van der Waals surface area contributed by atoms with Crippen molar-refractivity contribution in [2.75, 3.05) is 13.2 Å². The molecule has 4 unspecified atom stereocenters. The third-order valence-corrected chi connectivity index (χ3v) is 5.27. The minimum atomic E-state index is -1.06. The zero-order chi connectivity index (χ0) is 29.2. The molecule has 2 saturated carbocycles. The second-order valence-electron chi connectivity index (χ2n) is 11.0. The predicted molar refractivity (Wildman–Crippen MR) is 138 cm³/mol. The average molecular weight is 528 g/mol. The molecule has 10 heteroatoms. The molecule has 2 N–H and O–H groups in total. The highest BCUT2D eigenvalue weighted by molar-refractivity contribution is 5.85. The van der Waals surface area contributed by atoms with Gasteiger partial charge >= 0.3 is 24.2 Å². The van der Waals surface area contributed by atoms with Gasteiger partial charge in [-0.15, -0.1) is 13.2 Å². The summed E-state index contributed by atoms with van der Waals surface area (Å²) in [6.07, 6.45) is 2.99. The number of carbonyl (C=O) groups is 4. The molecule has 0 heterocycles. The van der Waals surface area contributed by atoms with E-state index in [0.717, 1.165) is 6.42 Å². The zero-order valence-corrected chi connectivity index (χ0v) is 23.8. The summed E-state index contributed by atoms with van der Waals surface area (Å²) < 4.78 is 23.5. The molecule has 0 aromatic heterocycles. The van der Waals surface area contributed by atoms with Crippen LogP contribution >= 0.6 is 0 Å². The van der Waals surface area contributed by atoms with Crippen LogP contribution in [0.25, 0.3) is 0 Å². The molecule has 0 saturated heterocycles. The highest BCUT2D eigenvalue weighted by atomic mass is 16.8. The molecule has 0 spiro atoms. The summed E-state index contributed by atoms with van der Waals surface area (Å²) in [5.41, 5.74) is 3.29. The largest absolute Gasteiger partial charge is 0.519 e. The van der Waals surface area contributed by atoms with Gasteiger partial charge in [0.25, 0.3) is 0 Å². The molecule has 0 amide bonds. The molecule has 2 fully saturated rings. The van der Waals surface area contributed by atoms with E-state index < -0.39 is 29.1 Å². The monoisotopic (exact) mass is 527 g/mol. The molecule has 2 rings (SSSR count). The summed E-state index contributed by atoms with van der Waals surface area (Å²) in [5.74, 6) is 0.0675. The summed E-state index contributed by atoms with van der Waals surface area (Å²) in [7, 11) is 0. The number of carbonyl (C=O) groups excluding carboxylic acids is 4. The molecule has 0 aliphatic heterocycles. The second-order valence-corrected chi connectivity index (χ2v) is 11.0. The average Bonchev–Trinajstić information content (AvgIpc) is 3.61. The molecular formula is C27H45NO9. The summed E-state index contributed by atoms with van der Waals surface area (Å²) in [6.45, 7) is 23.6. The van der Waals surface area contributed by atoms with Crippen LogP contribution < -0.4 is 5.73 Å². The van der Waals surface area contributed by atoms with Crippen molar-refractivity contribution < 1.29 is 42.9 Å². The van der Waals surface area contributed by atoms with Gasteiger partial charge in [0.2, 0.25) is 0 Å². The number of hydrogen-bond acceptors (Lipinski definition) is 10. The number of rotatable bonds is 6. The number of esters is 2. The van der Waals surface area contributed by atoms with E-state index in [4.69, 9.17) is 24.7 Å². The van der Waals surface area contributed by atoms with Gasteiger partial charge in [-0.3, -0.25) is 9.59 Å². The molecule has 10 nitrogen and oxygen atoms in total. The van der Waals surface area contributed by atoms with E-state index in [1.165, 1.54) is 0 Å². The van der Waals surface area contributed by atoms with Crippen LogP contribution in [0.3, 0.4) is 0 Å². The Morgan fingerprint density at radius 1 is 0.811 bits per heavy atom. The lowest BCUT2D eigenvalue weighted by Gasteiger charge is -2.20. The summed E-state index contributed by atoms with van der Waals surface area (Å²) >= 11 is 0. The lowest BCUT2D eigenvalue weighted by molar-refractivity contribution is -0.149. The highest BCUT2D eigenvalue weighted by Crippen LogP contribution is 2.53. The van der Waals surface area contributed by atoms with Crippen LogP contribution in [0.4, 0.5) is 9.59 Å². The summed E-state index contributed by atoms with van der Waals surface area (Å²) in [6, 6.07) is 0. The van der Waals surface area contributed by atoms with E-state index in [9.17, 15) is 19.2 Å². The van der Waals surface area contributed by atoms with Crippen molar-refractivity contribution in [1.82, 2.24) is 0 Å².